The Morgan fingerprint density at radius 1 is 1.19 bits per heavy atom. The van der Waals surface area contributed by atoms with E-state index in [9.17, 15) is 9.59 Å². The smallest absolute Gasteiger partial charge is 0.261 e. The van der Waals surface area contributed by atoms with Crippen LogP contribution in [0.2, 0.25) is 5.02 Å². The number of rotatable bonds is 4. The Labute approximate surface area is 128 Å². The van der Waals surface area contributed by atoms with Crippen molar-refractivity contribution in [2.75, 3.05) is 13.1 Å². The van der Waals surface area contributed by atoms with Crippen LogP contribution in [0.5, 0.6) is 0 Å². The summed E-state index contributed by atoms with van der Waals surface area (Å²) in [7, 11) is 0. The molecule has 0 fully saturated rings. The quantitative estimate of drug-likeness (QED) is 0.943. The Bertz CT molecular complexity index is 705. The van der Waals surface area contributed by atoms with Gasteiger partial charge in [-0.15, -0.1) is 0 Å². The van der Waals surface area contributed by atoms with Crippen molar-refractivity contribution in [3.63, 3.8) is 0 Å². The van der Waals surface area contributed by atoms with Crippen molar-refractivity contribution in [1.82, 2.24) is 9.88 Å². The summed E-state index contributed by atoms with van der Waals surface area (Å²) in [5.41, 5.74) is 1.22. The van der Waals surface area contributed by atoms with Gasteiger partial charge in [-0.3, -0.25) is 9.59 Å². The fourth-order valence-corrected chi connectivity index (χ4v) is 2.34. The molecule has 1 aromatic heterocycles. The van der Waals surface area contributed by atoms with Crippen molar-refractivity contribution in [3.8, 4) is 11.3 Å². The SMILES string of the molecule is CCN(CC)C(=O)c1ccc(-c2cccc(Cl)c2)[nH]c1=O. The molecule has 5 heteroatoms. The molecule has 4 nitrogen and oxygen atoms in total. The van der Waals surface area contributed by atoms with Crippen LogP contribution in [0.1, 0.15) is 24.2 Å². The van der Waals surface area contributed by atoms with Crippen molar-refractivity contribution in [2.45, 2.75) is 13.8 Å². The molecule has 0 radical (unpaired) electrons. The molecule has 1 heterocycles. The number of aromatic amines is 1. The predicted molar refractivity (Wildman–Crippen MR) is 84.8 cm³/mol. The first-order valence-electron chi connectivity index (χ1n) is 6.85. The third-order valence-corrected chi connectivity index (χ3v) is 3.56. The topological polar surface area (TPSA) is 53.2 Å². The Morgan fingerprint density at radius 3 is 2.48 bits per heavy atom. The van der Waals surface area contributed by atoms with Gasteiger partial charge in [-0.05, 0) is 43.7 Å². The van der Waals surface area contributed by atoms with Gasteiger partial charge in [0.1, 0.15) is 5.56 Å². The summed E-state index contributed by atoms with van der Waals surface area (Å²) in [4.78, 5) is 28.7. The number of carbonyl (C=O) groups excluding carboxylic acids is 1. The average molecular weight is 305 g/mol. The van der Waals surface area contributed by atoms with Gasteiger partial charge in [0, 0.05) is 23.8 Å². The van der Waals surface area contributed by atoms with Gasteiger partial charge in [-0.25, -0.2) is 0 Å². The molecule has 0 spiro atoms. The minimum Gasteiger partial charge on any atom is -0.339 e. The van der Waals surface area contributed by atoms with Gasteiger partial charge >= 0.3 is 0 Å². The van der Waals surface area contributed by atoms with E-state index in [2.05, 4.69) is 4.98 Å². The number of halogens is 1. The zero-order chi connectivity index (χ0) is 15.4. The molecule has 0 saturated carbocycles. The molecule has 0 aliphatic heterocycles. The molecular formula is C16H17ClN2O2. The summed E-state index contributed by atoms with van der Waals surface area (Å²) < 4.78 is 0. The number of amides is 1. The van der Waals surface area contributed by atoms with Crippen molar-refractivity contribution in [1.29, 1.82) is 0 Å². The van der Waals surface area contributed by atoms with E-state index in [1.54, 1.807) is 29.2 Å². The zero-order valence-electron chi connectivity index (χ0n) is 12.0. The maximum Gasteiger partial charge on any atom is 0.261 e. The van der Waals surface area contributed by atoms with E-state index in [1.165, 1.54) is 0 Å². The van der Waals surface area contributed by atoms with Crippen LogP contribution in [0.15, 0.2) is 41.2 Å². The second-order valence-corrected chi connectivity index (χ2v) is 5.04. The predicted octanol–water partition coefficient (Wildman–Crippen LogP) is 3.18. The van der Waals surface area contributed by atoms with Crippen molar-refractivity contribution < 1.29 is 4.79 Å². The number of nitrogens with one attached hydrogen (secondary N) is 1. The van der Waals surface area contributed by atoms with Crippen LogP contribution >= 0.6 is 11.6 Å². The summed E-state index contributed by atoms with van der Waals surface area (Å²) in [6, 6.07) is 10.5. The van der Waals surface area contributed by atoms with E-state index >= 15 is 0 Å². The van der Waals surface area contributed by atoms with Gasteiger partial charge in [0.15, 0.2) is 0 Å². The van der Waals surface area contributed by atoms with E-state index in [4.69, 9.17) is 11.6 Å². The molecule has 0 bridgehead atoms. The minimum atomic E-state index is -0.385. The third kappa shape index (κ3) is 3.34. The fourth-order valence-electron chi connectivity index (χ4n) is 2.15. The molecule has 0 unspecified atom stereocenters. The average Bonchev–Trinajstić information content (AvgIpc) is 2.48. The molecule has 1 aromatic carbocycles. The lowest BCUT2D eigenvalue weighted by molar-refractivity contribution is 0.0771. The summed E-state index contributed by atoms with van der Waals surface area (Å²) in [6.45, 7) is 4.92. The van der Waals surface area contributed by atoms with Crippen LogP contribution < -0.4 is 5.56 Å². The highest BCUT2D eigenvalue weighted by Crippen LogP contribution is 2.20. The first kappa shape index (κ1) is 15.3. The Balaban J connectivity index is 2.38. The van der Waals surface area contributed by atoms with Crippen LogP contribution in [0.25, 0.3) is 11.3 Å². The highest BCUT2D eigenvalue weighted by Gasteiger charge is 2.16. The maximum atomic E-state index is 12.2. The number of pyridine rings is 1. The van der Waals surface area contributed by atoms with Gasteiger partial charge in [-0.1, -0.05) is 23.7 Å². The molecule has 110 valence electrons. The van der Waals surface area contributed by atoms with E-state index in [0.717, 1.165) is 5.56 Å². The van der Waals surface area contributed by atoms with Gasteiger partial charge in [0.2, 0.25) is 0 Å². The first-order valence-corrected chi connectivity index (χ1v) is 7.23. The van der Waals surface area contributed by atoms with E-state index < -0.39 is 0 Å². The third-order valence-electron chi connectivity index (χ3n) is 3.33. The highest BCUT2D eigenvalue weighted by atomic mass is 35.5. The number of aromatic nitrogens is 1. The largest absolute Gasteiger partial charge is 0.339 e. The first-order chi connectivity index (χ1) is 10.1. The molecule has 21 heavy (non-hydrogen) atoms. The van der Waals surface area contributed by atoms with Crippen molar-refractivity contribution >= 4 is 17.5 Å². The van der Waals surface area contributed by atoms with Crippen LogP contribution in [0, 0.1) is 0 Å². The van der Waals surface area contributed by atoms with Crippen LogP contribution in [-0.4, -0.2) is 28.9 Å². The number of H-pyrrole nitrogens is 1. The van der Waals surface area contributed by atoms with E-state index in [1.807, 2.05) is 26.0 Å². The Morgan fingerprint density at radius 2 is 1.90 bits per heavy atom. The van der Waals surface area contributed by atoms with Gasteiger partial charge in [0.05, 0.1) is 0 Å². The van der Waals surface area contributed by atoms with Gasteiger partial charge in [0.25, 0.3) is 11.5 Å². The molecule has 1 N–H and O–H groups in total. The molecule has 2 aromatic rings. The second-order valence-electron chi connectivity index (χ2n) is 4.60. The minimum absolute atomic E-state index is 0.157. The van der Waals surface area contributed by atoms with E-state index in [-0.39, 0.29) is 17.0 Å². The van der Waals surface area contributed by atoms with Crippen molar-refractivity contribution in [2.24, 2.45) is 0 Å². The lowest BCUT2D eigenvalue weighted by atomic mass is 10.1. The Hall–Kier alpha value is -2.07. The summed E-state index contributed by atoms with van der Waals surface area (Å²) in [6.07, 6.45) is 0. The molecule has 0 saturated heterocycles. The molecule has 1 amide bonds. The molecule has 2 rings (SSSR count). The number of hydrogen-bond donors (Lipinski definition) is 1. The summed E-state index contributed by atoms with van der Waals surface area (Å²) >= 11 is 5.94. The number of carbonyl (C=O) groups is 1. The standard InChI is InChI=1S/C16H17ClN2O2/c1-3-19(4-2)16(21)13-8-9-14(18-15(13)20)11-6-5-7-12(17)10-11/h5-10H,3-4H2,1-2H3,(H,18,20). The van der Waals surface area contributed by atoms with Crippen LogP contribution in [0.3, 0.4) is 0 Å². The van der Waals surface area contributed by atoms with Crippen molar-refractivity contribution in [3.05, 3.63) is 57.3 Å². The molecule has 0 aliphatic rings. The maximum absolute atomic E-state index is 12.2. The summed E-state index contributed by atoms with van der Waals surface area (Å²) in [5.74, 6) is -0.251. The number of nitrogens with zero attached hydrogens (tertiary/aromatic N) is 1. The lowest BCUT2D eigenvalue weighted by Crippen LogP contribution is -2.34. The highest BCUT2D eigenvalue weighted by molar-refractivity contribution is 6.30. The fraction of sp³-hybridized carbons (Fsp3) is 0.250. The molecule has 0 aliphatic carbocycles. The molecular weight excluding hydrogens is 288 g/mol. The van der Waals surface area contributed by atoms with Crippen LogP contribution in [0.4, 0.5) is 0 Å². The number of benzene rings is 1. The normalized spacial score (nSPS) is 10.4. The van der Waals surface area contributed by atoms with Gasteiger partial charge in [-0.2, -0.15) is 0 Å². The van der Waals surface area contributed by atoms with Gasteiger partial charge < -0.3 is 9.88 Å². The second kappa shape index (κ2) is 6.59. The van der Waals surface area contributed by atoms with E-state index in [0.29, 0.717) is 23.8 Å². The van der Waals surface area contributed by atoms with Crippen LogP contribution in [-0.2, 0) is 0 Å². The molecule has 0 atom stereocenters. The summed E-state index contributed by atoms with van der Waals surface area (Å²) in [5, 5.41) is 0.594. The Kier molecular flexibility index (Phi) is 4.81. The monoisotopic (exact) mass is 304 g/mol. The lowest BCUT2D eigenvalue weighted by Gasteiger charge is -2.18. The number of hydrogen-bond acceptors (Lipinski definition) is 2. The zero-order valence-corrected chi connectivity index (χ0v) is 12.8.